The molecule has 0 aliphatic carbocycles. The zero-order valence-corrected chi connectivity index (χ0v) is 14.2. The number of carbonyl (C=O) groups is 1. The number of carbonyl (C=O) groups excluding carboxylic acids is 1. The number of nitrogens with two attached hydrogens (primary N) is 1. The van der Waals surface area contributed by atoms with Crippen LogP contribution < -0.4 is 11.1 Å². The lowest BCUT2D eigenvalue weighted by Crippen LogP contribution is -2.28. The Kier molecular flexibility index (Phi) is 9.86. The normalized spacial score (nSPS) is 13.6. The first-order chi connectivity index (χ1) is 9.27. The Balaban J connectivity index is 3.80. The monoisotopic (exact) mass is 285 g/mol. The molecule has 0 rings (SSSR count). The average molecular weight is 285 g/mol. The fourth-order valence-electron chi connectivity index (χ4n) is 2.39. The third kappa shape index (κ3) is 10.2. The first kappa shape index (κ1) is 19.4. The number of nitrogens with zero attached hydrogens (tertiary/aromatic N) is 1. The largest absolute Gasteiger partial charge is 0.356 e. The van der Waals surface area contributed by atoms with Gasteiger partial charge in [0.05, 0.1) is 0 Å². The van der Waals surface area contributed by atoms with Crippen LogP contribution >= 0.6 is 0 Å². The lowest BCUT2D eigenvalue weighted by Gasteiger charge is -2.30. The van der Waals surface area contributed by atoms with Crippen LogP contribution in [0.4, 0.5) is 0 Å². The Morgan fingerprint density at radius 1 is 1.20 bits per heavy atom. The smallest absolute Gasteiger partial charge is 0.220 e. The summed E-state index contributed by atoms with van der Waals surface area (Å²) < 4.78 is 0. The number of unbranched alkanes of at least 4 members (excludes halogenated alkanes) is 1. The fourth-order valence-corrected chi connectivity index (χ4v) is 2.39. The van der Waals surface area contributed by atoms with Crippen LogP contribution in [0.15, 0.2) is 0 Å². The maximum Gasteiger partial charge on any atom is 0.220 e. The summed E-state index contributed by atoms with van der Waals surface area (Å²) in [7, 11) is 4.14. The summed E-state index contributed by atoms with van der Waals surface area (Å²) in [6.45, 7) is 9.27. The molecule has 1 amide bonds. The molecular formula is C16H35N3O. The Morgan fingerprint density at radius 2 is 1.85 bits per heavy atom. The number of amides is 1. The second-order valence-electron chi connectivity index (χ2n) is 7.04. The Labute approximate surface area is 125 Å². The van der Waals surface area contributed by atoms with Gasteiger partial charge in [0, 0.05) is 13.0 Å². The molecule has 0 aromatic carbocycles. The molecular weight excluding hydrogens is 250 g/mol. The van der Waals surface area contributed by atoms with Gasteiger partial charge < -0.3 is 16.0 Å². The Hall–Kier alpha value is -0.610. The third-order valence-electron chi connectivity index (χ3n) is 3.81. The van der Waals surface area contributed by atoms with Crippen molar-refractivity contribution in [1.29, 1.82) is 0 Å². The average Bonchev–Trinajstić information content (AvgIpc) is 2.32. The van der Waals surface area contributed by atoms with Crippen LogP contribution in [-0.4, -0.2) is 44.5 Å². The Morgan fingerprint density at radius 3 is 2.35 bits per heavy atom. The molecule has 4 heteroatoms. The molecule has 0 heterocycles. The minimum Gasteiger partial charge on any atom is -0.356 e. The van der Waals surface area contributed by atoms with E-state index in [1.807, 2.05) is 0 Å². The van der Waals surface area contributed by atoms with E-state index < -0.39 is 0 Å². The standard InChI is InChI=1S/C16H35N3O/c1-16(2,3)14(10-11-17)8-9-15(20)18-12-6-7-13-19(4)5/h14H,6-13,17H2,1-5H3,(H,18,20). The molecule has 0 aliphatic rings. The molecule has 0 radical (unpaired) electrons. The first-order valence-electron chi connectivity index (χ1n) is 7.89. The fraction of sp³-hybridized carbons (Fsp3) is 0.938. The minimum absolute atomic E-state index is 0.182. The van der Waals surface area contributed by atoms with E-state index in [1.54, 1.807) is 0 Å². The van der Waals surface area contributed by atoms with Crippen molar-refractivity contribution in [3.05, 3.63) is 0 Å². The second-order valence-corrected chi connectivity index (χ2v) is 7.04. The Bertz CT molecular complexity index is 259. The molecule has 20 heavy (non-hydrogen) atoms. The summed E-state index contributed by atoms with van der Waals surface area (Å²) in [6.07, 6.45) is 4.74. The van der Waals surface area contributed by atoms with Gasteiger partial charge >= 0.3 is 0 Å². The van der Waals surface area contributed by atoms with Crippen molar-refractivity contribution >= 4 is 5.91 Å². The van der Waals surface area contributed by atoms with E-state index in [9.17, 15) is 4.79 Å². The van der Waals surface area contributed by atoms with E-state index in [1.165, 1.54) is 0 Å². The van der Waals surface area contributed by atoms with Crippen LogP contribution in [0, 0.1) is 11.3 Å². The summed E-state index contributed by atoms with van der Waals surface area (Å²) in [5, 5.41) is 3.02. The zero-order valence-electron chi connectivity index (χ0n) is 14.2. The number of hydrogen-bond acceptors (Lipinski definition) is 3. The van der Waals surface area contributed by atoms with Crippen LogP contribution in [0.1, 0.15) is 52.9 Å². The van der Waals surface area contributed by atoms with Gasteiger partial charge in [-0.1, -0.05) is 20.8 Å². The van der Waals surface area contributed by atoms with Crippen molar-refractivity contribution in [1.82, 2.24) is 10.2 Å². The van der Waals surface area contributed by atoms with Gasteiger partial charge in [0.2, 0.25) is 5.91 Å². The molecule has 4 nitrogen and oxygen atoms in total. The highest BCUT2D eigenvalue weighted by molar-refractivity contribution is 5.75. The van der Waals surface area contributed by atoms with Crippen molar-refractivity contribution in [3.8, 4) is 0 Å². The highest BCUT2D eigenvalue weighted by atomic mass is 16.1. The first-order valence-corrected chi connectivity index (χ1v) is 7.89. The lowest BCUT2D eigenvalue weighted by molar-refractivity contribution is -0.121. The van der Waals surface area contributed by atoms with Crippen molar-refractivity contribution in [2.45, 2.75) is 52.9 Å². The van der Waals surface area contributed by atoms with Gasteiger partial charge in [0.1, 0.15) is 0 Å². The van der Waals surface area contributed by atoms with Crippen LogP contribution in [0.2, 0.25) is 0 Å². The molecule has 0 saturated carbocycles. The lowest BCUT2D eigenvalue weighted by atomic mass is 9.76. The van der Waals surface area contributed by atoms with E-state index in [0.29, 0.717) is 18.9 Å². The third-order valence-corrected chi connectivity index (χ3v) is 3.81. The molecule has 0 aromatic heterocycles. The predicted molar refractivity (Wildman–Crippen MR) is 86.6 cm³/mol. The second kappa shape index (κ2) is 10.2. The van der Waals surface area contributed by atoms with Crippen molar-refractivity contribution in [2.24, 2.45) is 17.1 Å². The molecule has 0 spiro atoms. The molecule has 3 N–H and O–H groups in total. The van der Waals surface area contributed by atoms with Gasteiger partial charge in [-0.25, -0.2) is 0 Å². The zero-order chi connectivity index (χ0) is 15.6. The van der Waals surface area contributed by atoms with Gasteiger partial charge in [0.15, 0.2) is 0 Å². The molecule has 0 bridgehead atoms. The maximum atomic E-state index is 11.8. The van der Waals surface area contributed by atoms with Crippen LogP contribution in [0.25, 0.3) is 0 Å². The SMILES string of the molecule is CN(C)CCCCNC(=O)CCC(CCN)C(C)(C)C. The number of rotatable bonds is 10. The summed E-state index contributed by atoms with van der Waals surface area (Å²) in [4.78, 5) is 14.0. The quantitative estimate of drug-likeness (QED) is 0.605. The van der Waals surface area contributed by atoms with Gasteiger partial charge in [0.25, 0.3) is 0 Å². The van der Waals surface area contributed by atoms with Crippen LogP contribution in [0.3, 0.4) is 0 Å². The summed E-state index contributed by atoms with van der Waals surface area (Å²) in [5.74, 6) is 0.702. The van der Waals surface area contributed by atoms with E-state index in [2.05, 4.69) is 45.1 Å². The van der Waals surface area contributed by atoms with E-state index in [0.717, 1.165) is 38.8 Å². The van der Waals surface area contributed by atoms with Crippen molar-refractivity contribution in [2.75, 3.05) is 33.7 Å². The molecule has 0 saturated heterocycles. The van der Waals surface area contributed by atoms with E-state index in [-0.39, 0.29) is 11.3 Å². The summed E-state index contributed by atoms with van der Waals surface area (Å²) in [5.41, 5.74) is 5.89. The topological polar surface area (TPSA) is 58.4 Å². The highest BCUT2D eigenvalue weighted by Gasteiger charge is 2.24. The maximum absolute atomic E-state index is 11.8. The van der Waals surface area contributed by atoms with Crippen LogP contribution in [0.5, 0.6) is 0 Å². The van der Waals surface area contributed by atoms with Crippen LogP contribution in [-0.2, 0) is 4.79 Å². The molecule has 1 atom stereocenters. The molecule has 0 fully saturated rings. The van der Waals surface area contributed by atoms with Crippen molar-refractivity contribution in [3.63, 3.8) is 0 Å². The van der Waals surface area contributed by atoms with Crippen molar-refractivity contribution < 1.29 is 4.79 Å². The molecule has 0 aliphatic heterocycles. The highest BCUT2D eigenvalue weighted by Crippen LogP contribution is 2.31. The minimum atomic E-state index is 0.182. The van der Waals surface area contributed by atoms with Gasteiger partial charge in [-0.05, 0) is 64.2 Å². The van der Waals surface area contributed by atoms with Gasteiger partial charge in [-0.3, -0.25) is 4.79 Å². The molecule has 120 valence electrons. The number of nitrogens with one attached hydrogen (secondary N) is 1. The molecule has 1 unspecified atom stereocenters. The molecule has 0 aromatic rings. The number of hydrogen-bond donors (Lipinski definition) is 2. The van der Waals surface area contributed by atoms with E-state index >= 15 is 0 Å². The van der Waals surface area contributed by atoms with E-state index in [4.69, 9.17) is 5.73 Å². The summed E-state index contributed by atoms with van der Waals surface area (Å²) >= 11 is 0. The predicted octanol–water partition coefficient (Wildman–Crippen LogP) is 2.24. The van der Waals surface area contributed by atoms with Gasteiger partial charge in [-0.15, -0.1) is 0 Å². The van der Waals surface area contributed by atoms with Gasteiger partial charge in [-0.2, -0.15) is 0 Å². The summed E-state index contributed by atoms with van der Waals surface area (Å²) in [6, 6.07) is 0.